The number of hydrogen-bond acceptors (Lipinski definition) is 4. The average molecular weight is 203 g/mol. The Kier molecular flexibility index (Phi) is 7.12. The third-order valence-electron chi connectivity index (χ3n) is 1.01. The molecule has 0 spiro atoms. The Bertz CT molecular complexity index is 207. The first kappa shape index (κ1) is 15.3. The van der Waals surface area contributed by atoms with Crippen molar-refractivity contribution in [3.63, 3.8) is 0 Å². The van der Waals surface area contributed by atoms with Crippen molar-refractivity contribution in [1.82, 2.24) is 5.32 Å². The van der Waals surface area contributed by atoms with Crippen LogP contribution in [0.4, 0.5) is 0 Å². The van der Waals surface area contributed by atoms with Crippen LogP contribution in [-0.2, 0) is 10.1 Å². The Hall–Kier alpha value is 0.870. The minimum atomic E-state index is -4.06. The zero-order valence-corrected chi connectivity index (χ0v) is 10.9. The largest absolute Gasteiger partial charge is 1.00 e. The molecule has 0 aromatic heterocycles. The molecule has 0 bridgehead atoms. The molecule has 0 aromatic rings. The van der Waals surface area contributed by atoms with Crippen LogP contribution in [0.2, 0.25) is 0 Å². The Labute approximate surface area is 96.2 Å². The molecule has 0 atom stereocenters. The smallest absolute Gasteiger partial charge is 0.748 e. The second-order valence-electron chi connectivity index (χ2n) is 3.44. The fourth-order valence-corrected chi connectivity index (χ4v) is 0.903. The summed E-state index contributed by atoms with van der Waals surface area (Å²) >= 11 is 0. The summed E-state index contributed by atoms with van der Waals surface area (Å²) in [5.41, 5.74) is -0.134. The maximum Gasteiger partial charge on any atom is 1.00 e. The van der Waals surface area contributed by atoms with Crippen LogP contribution in [-0.4, -0.2) is 30.8 Å². The van der Waals surface area contributed by atoms with Crippen LogP contribution in [0.1, 0.15) is 20.8 Å². The zero-order chi connectivity index (χ0) is 9.12. The van der Waals surface area contributed by atoms with Gasteiger partial charge >= 0.3 is 29.6 Å². The second kappa shape index (κ2) is 5.57. The Morgan fingerprint density at radius 2 is 1.75 bits per heavy atom. The van der Waals surface area contributed by atoms with Gasteiger partial charge in [-0.05, 0) is 20.8 Å². The van der Waals surface area contributed by atoms with Crippen molar-refractivity contribution in [2.24, 2.45) is 0 Å². The Balaban J connectivity index is 0. The third-order valence-corrected chi connectivity index (χ3v) is 1.71. The maximum atomic E-state index is 10.1. The summed E-state index contributed by atoms with van der Waals surface area (Å²) in [6.07, 6.45) is 0. The molecule has 0 aromatic carbocycles. The van der Waals surface area contributed by atoms with Gasteiger partial charge in [-0.15, -0.1) is 0 Å². The molecule has 1 N–H and O–H groups in total. The van der Waals surface area contributed by atoms with E-state index in [4.69, 9.17) is 0 Å². The van der Waals surface area contributed by atoms with Crippen LogP contribution in [0.25, 0.3) is 0 Å². The molecule has 0 heterocycles. The molecule has 6 heteroatoms. The van der Waals surface area contributed by atoms with Crippen molar-refractivity contribution in [1.29, 1.82) is 0 Å². The van der Waals surface area contributed by atoms with E-state index in [0.29, 0.717) is 0 Å². The third kappa shape index (κ3) is 13.5. The van der Waals surface area contributed by atoms with Crippen LogP contribution in [0.15, 0.2) is 0 Å². The molecule has 0 aliphatic heterocycles. The summed E-state index contributed by atoms with van der Waals surface area (Å²) in [6, 6.07) is 0. The van der Waals surface area contributed by atoms with Gasteiger partial charge in [-0.1, -0.05) is 0 Å². The molecule has 4 nitrogen and oxygen atoms in total. The zero-order valence-electron chi connectivity index (χ0n) is 8.05. The molecule has 0 unspecified atom stereocenters. The average Bonchev–Trinajstić information content (AvgIpc) is 1.55. The van der Waals surface area contributed by atoms with Crippen molar-refractivity contribution in [2.45, 2.75) is 26.3 Å². The Morgan fingerprint density at radius 1 is 1.33 bits per heavy atom. The predicted molar refractivity (Wildman–Crippen MR) is 42.3 cm³/mol. The van der Waals surface area contributed by atoms with E-state index in [2.05, 4.69) is 5.32 Å². The predicted octanol–water partition coefficient (Wildman–Crippen LogP) is -3.08. The molecule has 0 amide bonds. The maximum absolute atomic E-state index is 10.1. The first-order valence-corrected chi connectivity index (χ1v) is 4.97. The first-order chi connectivity index (χ1) is 4.71. The molecule has 0 fully saturated rings. The molecule has 0 saturated carbocycles. The van der Waals surface area contributed by atoms with Gasteiger partial charge in [0, 0.05) is 12.1 Å². The minimum Gasteiger partial charge on any atom is -0.748 e. The molecule has 68 valence electrons. The molecular weight excluding hydrogens is 189 g/mol. The van der Waals surface area contributed by atoms with E-state index in [0.717, 1.165) is 0 Å². The van der Waals surface area contributed by atoms with Crippen molar-refractivity contribution in [3.05, 3.63) is 0 Å². The molecule has 12 heavy (non-hydrogen) atoms. The molecular formula is C6H14NNaO3S. The summed E-state index contributed by atoms with van der Waals surface area (Å²) in [5, 5.41) is 2.90. The fourth-order valence-electron chi connectivity index (χ4n) is 0.551. The SMILES string of the molecule is CC(C)(C)NCCS(=O)(=O)[O-].[Na+]. The van der Waals surface area contributed by atoms with Gasteiger partial charge in [-0.25, -0.2) is 8.42 Å². The van der Waals surface area contributed by atoms with E-state index < -0.39 is 10.1 Å². The normalized spacial score (nSPS) is 12.3. The van der Waals surface area contributed by atoms with E-state index in [9.17, 15) is 13.0 Å². The van der Waals surface area contributed by atoms with Gasteiger partial charge in [-0.2, -0.15) is 0 Å². The van der Waals surface area contributed by atoms with E-state index in [1.165, 1.54) is 0 Å². The summed E-state index contributed by atoms with van der Waals surface area (Å²) in [7, 11) is -4.06. The van der Waals surface area contributed by atoms with E-state index >= 15 is 0 Å². The van der Waals surface area contributed by atoms with Gasteiger partial charge in [-0.3, -0.25) is 0 Å². The quantitative estimate of drug-likeness (QED) is 0.390. The van der Waals surface area contributed by atoms with Crippen LogP contribution >= 0.6 is 0 Å². The van der Waals surface area contributed by atoms with Crippen LogP contribution < -0.4 is 34.9 Å². The number of rotatable bonds is 3. The molecule has 0 saturated heterocycles. The Morgan fingerprint density at radius 3 is 2.00 bits per heavy atom. The van der Waals surface area contributed by atoms with Crippen molar-refractivity contribution < 1.29 is 42.5 Å². The van der Waals surface area contributed by atoms with Gasteiger partial charge < -0.3 is 9.87 Å². The molecule has 0 aliphatic rings. The topological polar surface area (TPSA) is 69.2 Å². The number of hydrogen-bond donors (Lipinski definition) is 1. The molecule has 0 radical (unpaired) electrons. The first-order valence-electron chi connectivity index (χ1n) is 3.39. The van der Waals surface area contributed by atoms with Gasteiger partial charge in [0.15, 0.2) is 0 Å². The van der Waals surface area contributed by atoms with E-state index in [1.807, 2.05) is 20.8 Å². The monoisotopic (exact) mass is 203 g/mol. The summed E-state index contributed by atoms with van der Waals surface area (Å²) in [4.78, 5) is 0. The molecule has 0 aliphatic carbocycles. The summed E-state index contributed by atoms with van der Waals surface area (Å²) in [5.74, 6) is -0.343. The molecule has 0 rings (SSSR count). The standard InChI is InChI=1S/C6H15NO3S.Na/c1-6(2,3)7-4-5-11(8,9)10;/h7H,4-5H2,1-3H3,(H,8,9,10);/q;+1/p-1. The van der Waals surface area contributed by atoms with Crippen molar-refractivity contribution in [3.8, 4) is 0 Å². The summed E-state index contributed by atoms with van der Waals surface area (Å²) < 4.78 is 30.4. The number of nitrogens with one attached hydrogen (secondary N) is 1. The van der Waals surface area contributed by atoms with Gasteiger partial charge in [0.25, 0.3) is 0 Å². The minimum absolute atomic E-state index is 0. The fraction of sp³-hybridized carbons (Fsp3) is 1.00. The van der Waals surface area contributed by atoms with Crippen molar-refractivity contribution in [2.75, 3.05) is 12.3 Å². The van der Waals surface area contributed by atoms with E-state index in [1.54, 1.807) is 0 Å². The second-order valence-corrected chi connectivity index (χ2v) is 4.96. The summed E-state index contributed by atoms with van der Waals surface area (Å²) in [6.45, 7) is 5.94. The van der Waals surface area contributed by atoms with Gasteiger partial charge in [0.1, 0.15) is 0 Å². The van der Waals surface area contributed by atoms with Crippen molar-refractivity contribution >= 4 is 10.1 Å². The van der Waals surface area contributed by atoms with Crippen LogP contribution in [0.3, 0.4) is 0 Å². The van der Waals surface area contributed by atoms with E-state index in [-0.39, 0.29) is 47.4 Å². The van der Waals surface area contributed by atoms with Gasteiger partial charge in [0.05, 0.1) is 15.9 Å². The van der Waals surface area contributed by atoms with Crippen LogP contribution in [0, 0.1) is 0 Å². The van der Waals surface area contributed by atoms with Crippen LogP contribution in [0.5, 0.6) is 0 Å². The van der Waals surface area contributed by atoms with Gasteiger partial charge in [0.2, 0.25) is 0 Å².